The topological polar surface area (TPSA) is 36.3 Å². The third-order valence-corrected chi connectivity index (χ3v) is 6.25. The second kappa shape index (κ2) is 9.30. The van der Waals surface area contributed by atoms with Gasteiger partial charge in [0, 0.05) is 34.5 Å². The molecule has 0 spiro atoms. The van der Waals surface area contributed by atoms with Gasteiger partial charge in [0.2, 0.25) is 0 Å². The first-order valence-corrected chi connectivity index (χ1v) is 10.9. The summed E-state index contributed by atoms with van der Waals surface area (Å²) in [5.41, 5.74) is 1.19. The van der Waals surface area contributed by atoms with Crippen molar-refractivity contribution in [1.82, 2.24) is 9.55 Å². The Kier molecular flexibility index (Phi) is 6.55. The van der Waals surface area contributed by atoms with Crippen molar-refractivity contribution in [3.8, 4) is 0 Å². The predicted octanol–water partition coefficient (Wildman–Crippen LogP) is 5.21. The molecule has 4 rings (SSSR count). The third kappa shape index (κ3) is 5.60. The van der Waals surface area contributed by atoms with Crippen LogP contribution in [0.5, 0.6) is 0 Å². The summed E-state index contributed by atoms with van der Waals surface area (Å²) in [5, 5.41) is 0.730. The van der Waals surface area contributed by atoms with Crippen molar-refractivity contribution in [3.63, 3.8) is 0 Å². The number of benzene rings is 2. The number of nitrogens with zero attached hydrogens (tertiary/aromatic N) is 2. The molecule has 1 aliphatic rings. The number of hydrogen-bond acceptors (Lipinski definition) is 4. The largest absolute Gasteiger partial charge is 0.345 e. The summed E-state index contributed by atoms with van der Waals surface area (Å²) in [6.45, 7) is 1.11. The zero-order valence-corrected chi connectivity index (χ0v) is 17.4. The Balaban J connectivity index is 1.40. The SMILES string of the molecule is Fc1ccc(SC[C@@H]2CO[C@](CCc3ccc(Cl)cc3)(Cn3ccnc3)O2)cc1. The van der Waals surface area contributed by atoms with Crippen molar-refractivity contribution in [2.24, 2.45) is 0 Å². The molecule has 2 heterocycles. The van der Waals surface area contributed by atoms with Crippen LogP contribution in [0.3, 0.4) is 0 Å². The van der Waals surface area contributed by atoms with Crippen LogP contribution in [0, 0.1) is 5.82 Å². The molecule has 4 nitrogen and oxygen atoms in total. The van der Waals surface area contributed by atoms with Crippen molar-refractivity contribution in [2.75, 3.05) is 12.4 Å². The minimum atomic E-state index is -0.700. The number of hydrogen-bond donors (Lipinski definition) is 0. The summed E-state index contributed by atoms with van der Waals surface area (Å²) in [7, 11) is 0. The first kappa shape index (κ1) is 20.4. The smallest absolute Gasteiger partial charge is 0.187 e. The van der Waals surface area contributed by atoms with E-state index in [9.17, 15) is 4.39 Å². The fourth-order valence-corrected chi connectivity index (χ4v) is 4.35. The Labute approximate surface area is 179 Å². The van der Waals surface area contributed by atoms with Crippen LogP contribution in [0.2, 0.25) is 5.02 Å². The van der Waals surface area contributed by atoms with Crippen molar-refractivity contribution < 1.29 is 13.9 Å². The Hall–Kier alpha value is -1.86. The number of rotatable bonds is 8. The van der Waals surface area contributed by atoms with E-state index in [0.717, 1.165) is 28.5 Å². The summed E-state index contributed by atoms with van der Waals surface area (Å²) < 4.78 is 27.7. The number of thioether (sulfide) groups is 1. The summed E-state index contributed by atoms with van der Waals surface area (Å²) in [4.78, 5) is 5.14. The molecule has 0 amide bonds. The number of aromatic nitrogens is 2. The second-order valence-electron chi connectivity index (χ2n) is 7.09. The first-order chi connectivity index (χ1) is 14.1. The molecule has 3 aromatic rings. The lowest BCUT2D eigenvalue weighted by atomic mass is 10.0. The molecule has 2 atom stereocenters. The second-order valence-corrected chi connectivity index (χ2v) is 8.62. The highest BCUT2D eigenvalue weighted by Gasteiger charge is 2.41. The lowest BCUT2D eigenvalue weighted by Gasteiger charge is -2.28. The molecular formula is C22H22ClFN2O2S. The van der Waals surface area contributed by atoms with Crippen LogP contribution < -0.4 is 0 Å². The normalized spacial score (nSPS) is 21.5. The first-order valence-electron chi connectivity index (χ1n) is 9.51. The quantitative estimate of drug-likeness (QED) is 0.458. The lowest BCUT2D eigenvalue weighted by Crippen LogP contribution is -2.37. The summed E-state index contributed by atoms with van der Waals surface area (Å²) in [6, 6.07) is 14.4. The molecule has 0 unspecified atom stereocenters. The zero-order valence-electron chi connectivity index (χ0n) is 15.8. The maximum atomic E-state index is 13.1. The van der Waals surface area contributed by atoms with Crippen molar-refractivity contribution in [3.05, 3.63) is 83.7 Å². The van der Waals surface area contributed by atoms with Crippen LogP contribution in [0.15, 0.2) is 72.1 Å². The number of ether oxygens (including phenoxy) is 2. The average Bonchev–Trinajstić information content (AvgIpc) is 3.38. The number of halogens is 2. The third-order valence-electron chi connectivity index (χ3n) is 4.85. The molecule has 7 heteroatoms. The minimum Gasteiger partial charge on any atom is -0.345 e. The fourth-order valence-electron chi connectivity index (χ4n) is 3.36. The van der Waals surface area contributed by atoms with Crippen molar-refractivity contribution >= 4 is 23.4 Å². The van der Waals surface area contributed by atoms with Gasteiger partial charge in [-0.15, -0.1) is 11.8 Å². The van der Waals surface area contributed by atoms with Crippen LogP contribution in [0.4, 0.5) is 4.39 Å². The molecule has 0 radical (unpaired) electrons. The standard InChI is InChI=1S/C22H22ClFN2O2S/c23-18-3-1-17(2-4-18)9-10-22(15-26-12-11-25-16-26)27-13-20(28-22)14-29-21-7-5-19(24)6-8-21/h1-8,11-12,16,20H,9-10,13-15H2/t20-,22-/m0/s1. The molecule has 2 aromatic carbocycles. The van der Waals surface area contributed by atoms with E-state index in [1.165, 1.54) is 17.7 Å². The molecule has 1 fully saturated rings. The lowest BCUT2D eigenvalue weighted by molar-refractivity contribution is -0.180. The van der Waals surface area contributed by atoms with Crippen LogP contribution in [-0.4, -0.2) is 33.8 Å². The molecule has 1 aromatic heterocycles. The van der Waals surface area contributed by atoms with E-state index in [4.69, 9.17) is 21.1 Å². The van der Waals surface area contributed by atoms with E-state index in [1.807, 2.05) is 35.0 Å². The van der Waals surface area contributed by atoms with Crippen LogP contribution in [0.1, 0.15) is 12.0 Å². The van der Waals surface area contributed by atoms with Crippen LogP contribution in [-0.2, 0) is 22.4 Å². The molecule has 29 heavy (non-hydrogen) atoms. The van der Waals surface area contributed by atoms with E-state index in [2.05, 4.69) is 4.98 Å². The van der Waals surface area contributed by atoms with Gasteiger partial charge >= 0.3 is 0 Å². The Morgan fingerprint density at radius 3 is 2.69 bits per heavy atom. The molecule has 1 aliphatic heterocycles. The molecule has 0 aliphatic carbocycles. The van der Waals surface area contributed by atoms with Crippen molar-refractivity contribution in [2.45, 2.75) is 36.2 Å². The highest BCUT2D eigenvalue weighted by Crippen LogP contribution is 2.33. The van der Waals surface area contributed by atoms with E-state index in [1.54, 1.807) is 36.4 Å². The molecule has 1 saturated heterocycles. The average molecular weight is 433 g/mol. The van der Waals surface area contributed by atoms with E-state index in [0.29, 0.717) is 13.2 Å². The van der Waals surface area contributed by atoms with Crippen LogP contribution in [0.25, 0.3) is 0 Å². The van der Waals surface area contributed by atoms with Gasteiger partial charge in [0.25, 0.3) is 0 Å². The van der Waals surface area contributed by atoms with E-state index in [-0.39, 0.29) is 11.9 Å². The van der Waals surface area contributed by atoms with Gasteiger partial charge in [0.05, 0.1) is 25.6 Å². The van der Waals surface area contributed by atoms with Gasteiger partial charge in [-0.25, -0.2) is 9.37 Å². The summed E-state index contributed by atoms with van der Waals surface area (Å²) >= 11 is 7.64. The monoisotopic (exact) mass is 432 g/mol. The Bertz CT molecular complexity index is 906. The predicted molar refractivity (Wildman–Crippen MR) is 113 cm³/mol. The molecule has 152 valence electrons. The summed E-state index contributed by atoms with van der Waals surface area (Å²) in [5.74, 6) is -0.177. The van der Waals surface area contributed by atoms with Gasteiger partial charge < -0.3 is 14.0 Å². The zero-order chi connectivity index (χ0) is 20.1. The molecule has 0 bridgehead atoms. The van der Waals surface area contributed by atoms with E-state index >= 15 is 0 Å². The van der Waals surface area contributed by atoms with E-state index < -0.39 is 5.79 Å². The highest BCUT2D eigenvalue weighted by molar-refractivity contribution is 7.99. The Morgan fingerprint density at radius 1 is 1.17 bits per heavy atom. The van der Waals surface area contributed by atoms with Gasteiger partial charge in [-0.1, -0.05) is 23.7 Å². The highest BCUT2D eigenvalue weighted by atomic mass is 35.5. The van der Waals surface area contributed by atoms with Gasteiger partial charge in [-0.05, 0) is 48.4 Å². The van der Waals surface area contributed by atoms with Crippen LogP contribution >= 0.6 is 23.4 Å². The molecule has 0 saturated carbocycles. The molecular weight excluding hydrogens is 411 g/mol. The van der Waals surface area contributed by atoms with Crippen molar-refractivity contribution in [1.29, 1.82) is 0 Å². The molecule has 0 N–H and O–H groups in total. The van der Waals surface area contributed by atoms with Gasteiger partial charge in [-0.3, -0.25) is 0 Å². The minimum absolute atomic E-state index is 0.0289. The van der Waals surface area contributed by atoms with Gasteiger partial charge in [-0.2, -0.15) is 0 Å². The summed E-state index contributed by atoms with van der Waals surface area (Å²) in [6.07, 6.45) is 6.96. The maximum Gasteiger partial charge on any atom is 0.187 e. The maximum absolute atomic E-state index is 13.1. The number of imidazole rings is 1. The Morgan fingerprint density at radius 2 is 1.97 bits per heavy atom. The van der Waals surface area contributed by atoms with Gasteiger partial charge in [0.15, 0.2) is 5.79 Å². The van der Waals surface area contributed by atoms with Gasteiger partial charge in [0.1, 0.15) is 5.82 Å². The number of aryl methyl sites for hydroxylation is 1. The fraction of sp³-hybridized carbons (Fsp3) is 0.318.